The third kappa shape index (κ3) is 3.20. The molecule has 6 heteroatoms. The topological polar surface area (TPSA) is 66.5 Å². The van der Waals surface area contributed by atoms with E-state index in [9.17, 15) is 13.2 Å². The van der Waals surface area contributed by atoms with Gasteiger partial charge in [-0.1, -0.05) is 43.3 Å². The predicted molar refractivity (Wildman–Crippen MR) is 93.3 cm³/mol. The highest BCUT2D eigenvalue weighted by Crippen LogP contribution is 2.23. The van der Waals surface area contributed by atoms with Crippen LogP contribution in [0.15, 0.2) is 59.5 Å². The Labute approximate surface area is 142 Å². The second-order valence-electron chi connectivity index (χ2n) is 5.75. The van der Waals surface area contributed by atoms with Crippen LogP contribution in [-0.4, -0.2) is 26.9 Å². The van der Waals surface area contributed by atoms with E-state index >= 15 is 0 Å². The van der Waals surface area contributed by atoms with Gasteiger partial charge in [0.2, 0.25) is 15.9 Å². The lowest BCUT2D eigenvalue weighted by Gasteiger charge is -2.17. The van der Waals surface area contributed by atoms with E-state index in [1.807, 2.05) is 43.3 Å². The molecule has 1 saturated heterocycles. The highest BCUT2D eigenvalue weighted by Gasteiger charge is 2.35. The van der Waals surface area contributed by atoms with E-state index in [1.54, 1.807) is 23.1 Å². The van der Waals surface area contributed by atoms with Crippen molar-refractivity contribution in [2.24, 2.45) is 0 Å². The van der Waals surface area contributed by atoms with Crippen molar-refractivity contribution in [3.05, 3.63) is 60.2 Å². The molecule has 0 spiro atoms. The Morgan fingerprint density at radius 3 is 2.46 bits per heavy atom. The first kappa shape index (κ1) is 16.7. The number of sulfonamides is 1. The molecule has 5 nitrogen and oxygen atoms in total. The van der Waals surface area contributed by atoms with E-state index in [0.29, 0.717) is 19.4 Å². The number of amides is 1. The molecule has 1 atom stereocenters. The minimum Gasteiger partial charge on any atom is -0.311 e. The number of hydrogen-bond donors (Lipinski definition) is 1. The Bertz CT molecular complexity index is 834. The van der Waals surface area contributed by atoms with Gasteiger partial charge in [-0.2, -0.15) is 4.72 Å². The summed E-state index contributed by atoms with van der Waals surface area (Å²) in [5, 5.41) is 0. The van der Waals surface area contributed by atoms with Crippen LogP contribution in [0.1, 0.15) is 18.9 Å². The van der Waals surface area contributed by atoms with Gasteiger partial charge < -0.3 is 4.90 Å². The molecular weight excluding hydrogens is 324 g/mol. The summed E-state index contributed by atoms with van der Waals surface area (Å²) in [6.45, 7) is 2.41. The van der Waals surface area contributed by atoms with Gasteiger partial charge in [-0.05, 0) is 36.6 Å². The van der Waals surface area contributed by atoms with E-state index in [2.05, 4.69) is 4.72 Å². The fraction of sp³-hybridized carbons (Fsp3) is 0.278. The molecule has 0 radical (unpaired) electrons. The van der Waals surface area contributed by atoms with Crippen molar-refractivity contribution in [1.29, 1.82) is 0 Å². The Morgan fingerprint density at radius 2 is 1.75 bits per heavy atom. The van der Waals surface area contributed by atoms with Crippen LogP contribution in [0.4, 0.5) is 5.69 Å². The molecule has 3 rings (SSSR count). The maximum atomic E-state index is 12.7. The van der Waals surface area contributed by atoms with Crippen molar-refractivity contribution >= 4 is 21.6 Å². The molecule has 0 unspecified atom stereocenters. The molecule has 1 aliphatic rings. The molecule has 2 aromatic carbocycles. The first-order valence-corrected chi connectivity index (χ1v) is 9.48. The van der Waals surface area contributed by atoms with Gasteiger partial charge in [0, 0.05) is 12.2 Å². The zero-order chi connectivity index (χ0) is 17.2. The standard InChI is InChI=1S/C18H20N2O3S/c1-2-14-8-6-7-11-17(14)24(22,23)19-16-12-13-20(18(16)21)15-9-4-3-5-10-15/h3-11,16,19H,2,12-13H2,1H3/t16-/m1/s1. The number of hydrogen-bond acceptors (Lipinski definition) is 3. The van der Waals surface area contributed by atoms with Crippen molar-refractivity contribution in [3.8, 4) is 0 Å². The van der Waals surface area contributed by atoms with Gasteiger partial charge >= 0.3 is 0 Å². The van der Waals surface area contributed by atoms with Gasteiger partial charge in [-0.3, -0.25) is 4.79 Å². The molecule has 0 aliphatic carbocycles. The van der Waals surface area contributed by atoms with Gasteiger partial charge in [-0.25, -0.2) is 8.42 Å². The number of nitrogens with one attached hydrogen (secondary N) is 1. The fourth-order valence-electron chi connectivity index (χ4n) is 2.96. The first-order valence-electron chi connectivity index (χ1n) is 7.99. The summed E-state index contributed by atoms with van der Waals surface area (Å²) in [7, 11) is -3.72. The smallest absolute Gasteiger partial charge is 0.245 e. The first-order chi connectivity index (χ1) is 11.5. The molecule has 0 aromatic heterocycles. The summed E-state index contributed by atoms with van der Waals surface area (Å²) in [6.07, 6.45) is 1.08. The van der Waals surface area contributed by atoms with E-state index in [4.69, 9.17) is 0 Å². The molecule has 126 valence electrons. The fourth-order valence-corrected chi connectivity index (χ4v) is 4.50. The largest absolute Gasteiger partial charge is 0.311 e. The molecular formula is C18H20N2O3S. The average Bonchev–Trinajstić information content (AvgIpc) is 2.95. The van der Waals surface area contributed by atoms with Crippen molar-refractivity contribution in [3.63, 3.8) is 0 Å². The van der Waals surface area contributed by atoms with E-state index in [-0.39, 0.29) is 10.8 Å². The van der Waals surface area contributed by atoms with Crippen LogP contribution in [0.3, 0.4) is 0 Å². The minimum atomic E-state index is -3.72. The quantitative estimate of drug-likeness (QED) is 0.905. The van der Waals surface area contributed by atoms with E-state index < -0.39 is 16.1 Å². The minimum absolute atomic E-state index is 0.209. The average molecular weight is 344 g/mol. The van der Waals surface area contributed by atoms with Gasteiger partial charge in [-0.15, -0.1) is 0 Å². The van der Waals surface area contributed by atoms with Crippen LogP contribution < -0.4 is 9.62 Å². The second-order valence-corrected chi connectivity index (χ2v) is 7.43. The van der Waals surface area contributed by atoms with Crippen LogP contribution >= 0.6 is 0 Å². The highest BCUT2D eigenvalue weighted by atomic mass is 32.2. The van der Waals surface area contributed by atoms with E-state index in [1.165, 1.54) is 0 Å². The normalized spacial score (nSPS) is 18.1. The maximum Gasteiger partial charge on any atom is 0.245 e. The Hall–Kier alpha value is -2.18. The highest BCUT2D eigenvalue weighted by molar-refractivity contribution is 7.89. The van der Waals surface area contributed by atoms with Crippen LogP contribution in [-0.2, 0) is 21.2 Å². The van der Waals surface area contributed by atoms with Gasteiger partial charge in [0.15, 0.2) is 0 Å². The lowest BCUT2D eigenvalue weighted by Crippen LogP contribution is -2.41. The lowest BCUT2D eigenvalue weighted by atomic mass is 10.2. The number of aryl methyl sites for hydroxylation is 1. The van der Waals surface area contributed by atoms with Crippen molar-refractivity contribution in [1.82, 2.24) is 4.72 Å². The maximum absolute atomic E-state index is 12.7. The molecule has 1 aliphatic heterocycles. The Kier molecular flexibility index (Phi) is 4.69. The zero-order valence-corrected chi connectivity index (χ0v) is 14.3. The summed E-state index contributed by atoms with van der Waals surface area (Å²) in [5.41, 5.74) is 1.54. The number of nitrogens with zero attached hydrogens (tertiary/aromatic N) is 1. The predicted octanol–water partition coefficient (Wildman–Crippen LogP) is 2.33. The second kappa shape index (κ2) is 6.75. The third-order valence-electron chi connectivity index (χ3n) is 4.21. The van der Waals surface area contributed by atoms with E-state index in [0.717, 1.165) is 11.3 Å². The Morgan fingerprint density at radius 1 is 1.08 bits per heavy atom. The number of carbonyl (C=O) groups excluding carboxylic acids is 1. The summed E-state index contributed by atoms with van der Waals surface area (Å²) >= 11 is 0. The summed E-state index contributed by atoms with van der Waals surface area (Å²) < 4.78 is 27.9. The number of anilines is 1. The molecule has 2 aromatic rings. The molecule has 24 heavy (non-hydrogen) atoms. The molecule has 1 fully saturated rings. The lowest BCUT2D eigenvalue weighted by molar-refractivity contribution is -0.118. The van der Waals surface area contributed by atoms with Crippen LogP contribution in [0, 0.1) is 0 Å². The van der Waals surface area contributed by atoms with Crippen molar-refractivity contribution in [2.75, 3.05) is 11.4 Å². The molecule has 0 saturated carbocycles. The van der Waals surface area contributed by atoms with Gasteiger partial charge in [0.05, 0.1) is 4.90 Å². The molecule has 1 amide bonds. The summed E-state index contributed by atoms with van der Waals surface area (Å²) in [6, 6.07) is 15.5. The third-order valence-corrected chi connectivity index (χ3v) is 5.79. The Balaban J connectivity index is 1.80. The van der Waals surface area contributed by atoms with Gasteiger partial charge in [0.1, 0.15) is 6.04 Å². The monoisotopic (exact) mass is 344 g/mol. The zero-order valence-electron chi connectivity index (χ0n) is 13.5. The van der Waals surface area contributed by atoms with Gasteiger partial charge in [0.25, 0.3) is 0 Å². The number of carbonyl (C=O) groups is 1. The summed E-state index contributed by atoms with van der Waals surface area (Å²) in [4.78, 5) is 14.4. The number of benzene rings is 2. The van der Waals surface area contributed by atoms with Crippen molar-refractivity contribution < 1.29 is 13.2 Å². The van der Waals surface area contributed by atoms with Crippen molar-refractivity contribution in [2.45, 2.75) is 30.7 Å². The molecule has 1 heterocycles. The number of rotatable bonds is 5. The van der Waals surface area contributed by atoms with Crippen LogP contribution in [0.2, 0.25) is 0 Å². The van der Waals surface area contributed by atoms with Crippen LogP contribution in [0.25, 0.3) is 0 Å². The SMILES string of the molecule is CCc1ccccc1S(=O)(=O)N[C@@H]1CCN(c2ccccc2)C1=O. The summed E-state index contributed by atoms with van der Waals surface area (Å²) in [5.74, 6) is -0.209. The molecule has 1 N–H and O–H groups in total. The van der Waals surface area contributed by atoms with Crippen LogP contribution in [0.5, 0.6) is 0 Å². The number of para-hydroxylation sites is 1. The molecule has 0 bridgehead atoms.